The van der Waals surface area contributed by atoms with Crippen molar-refractivity contribution < 1.29 is 9.53 Å². The van der Waals surface area contributed by atoms with E-state index in [1.807, 2.05) is 0 Å². The maximum Gasteiger partial charge on any atom is 0.250 e. The molecule has 0 saturated carbocycles. The zero-order valence-electron chi connectivity index (χ0n) is 14.5. The molecule has 2 saturated heterocycles. The average molecular weight is 311 g/mol. The maximum atomic E-state index is 12.4. The number of nitrogens with zero attached hydrogens (tertiary/aromatic N) is 2. The fraction of sp³-hybridized carbons (Fsp3) is 0.941. The molecule has 0 bridgehead atoms. The Kier molecular flexibility index (Phi) is 7.12. The number of ether oxygens (including phenoxy) is 1. The molecule has 128 valence electrons. The monoisotopic (exact) mass is 311 g/mol. The number of carbonyl (C=O) groups is 1. The molecule has 0 unspecified atom stereocenters. The highest BCUT2D eigenvalue weighted by Gasteiger charge is 2.30. The summed E-state index contributed by atoms with van der Waals surface area (Å²) in [6.07, 6.45) is 4.36. The predicted molar refractivity (Wildman–Crippen MR) is 89.0 cm³/mol. The SMILES string of the molecule is CCCCN1CCC(NC(=O)[C@@H]2CN(C(C)C)CCO2)CC1. The molecule has 0 radical (unpaired) electrons. The number of rotatable bonds is 6. The summed E-state index contributed by atoms with van der Waals surface area (Å²) >= 11 is 0. The van der Waals surface area contributed by atoms with Gasteiger partial charge >= 0.3 is 0 Å². The van der Waals surface area contributed by atoms with Crippen LogP contribution in [0.2, 0.25) is 0 Å². The lowest BCUT2D eigenvalue weighted by Crippen LogP contribution is -2.54. The molecule has 2 fully saturated rings. The summed E-state index contributed by atoms with van der Waals surface area (Å²) in [4.78, 5) is 17.2. The van der Waals surface area contributed by atoms with Gasteiger partial charge in [0, 0.05) is 38.3 Å². The number of hydrogen-bond acceptors (Lipinski definition) is 4. The van der Waals surface area contributed by atoms with E-state index < -0.39 is 0 Å². The van der Waals surface area contributed by atoms with E-state index in [0.717, 1.165) is 39.0 Å². The Balaban J connectivity index is 1.71. The summed E-state index contributed by atoms with van der Waals surface area (Å²) < 4.78 is 5.67. The van der Waals surface area contributed by atoms with Gasteiger partial charge in [-0.25, -0.2) is 0 Å². The van der Waals surface area contributed by atoms with Gasteiger partial charge in [0.15, 0.2) is 0 Å². The first-order chi connectivity index (χ1) is 10.6. The number of amides is 1. The Morgan fingerprint density at radius 1 is 1.27 bits per heavy atom. The first-order valence-electron chi connectivity index (χ1n) is 8.98. The zero-order valence-corrected chi connectivity index (χ0v) is 14.5. The van der Waals surface area contributed by atoms with E-state index in [1.165, 1.54) is 19.4 Å². The van der Waals surface area contributed by atoms with E-state index >= 15 is 0 Å². The second kappa shape index (κ2) is 8.85. The van der Waals surface area contributed by atoms with Gasteiger partial charge in [-0.1, -0.05) is 13.3 Å². The standard InChI is InChI=1S/C17H33N3O2/c1-4-5-8-19-9-6-15(7-10-19)18-17(21)16-13-20(14(2)3)11-12-22-16/h14-16H,4-13H2,1-3H3,(H,18,21)/t16-/m0/s1. The van der Waals surface area contributed by atoms with Crippen molar-refractivity contribution in [1.29, 1.82) is 0 Å². The predicted octanol–water partition coefficient (Wildman–Crippen LogP) is 1.48. The lowest BCUT2D eigenvalue weighted by atomic mass is 10.0. The first kappa shape index (κ1) is 17.7. The molecule has 5 nitrogen and oxygen atoms in total. The highest BCUT2D eigenvalue weighted by molar-refractivity contribution is 5.81. The molecule has 0 aromatic heterocycles. The van der Waals surface area contributed by atoms with Crippen LogP contribution >= 0.6 is 0 Å². The Morgan fingerprint density at radius 2 is 2.00 bits per heavy atom. The lowest BCUT2D eigenvalue weighted by molar-refractivity contribution is -0.140. The van der Waals surface area contributed by atoms with Gasteiger partial charge in [-0.15, -0.1) is 0 Å². The third kappa shape index (κ3) is 5.21. The summed E-state index contributed by atoms with van der Waals surface area (Å²) in [6.45, 7) is 12.3. The van der Waals surface area contributed by atoms with Crippen molar-refractivity contribution in [1.82, 2.24) is 15.1 Å². The normalized spacial score (nSPS) is 25.5. The lowest BCUT2D eigenvalue weighted by Gasteiger charge is -2.36. The van der Waals surface area contributed by atoms with Crippen LogP contribution in [-0.4, -0.2) is 73.2 Å². The van der Waals surface area contributed by atoms with Crippen molar-refractivity contribution in [3.63, 3.8) is 0 Å². The molecule has 1 N–H and O–H groups in total. The van der Waals surface area contributed by atoms with Gasteiger partial charge in [0.2, 0.25) is 0 Å². The van der Waals surface area contributed by atoms with E-state index in [4.69, 9.17) is 4.74 Å². The second-order valence-corrected chi connectivity index (χ2v) is 6.93. The molecule has 22 heavy (non-hydrogen) atoms. The van der Waals surface area contributed by atoms with E-state index in [1.54, 1.807) is 0 Å². The number of likely N-dealkylation sites (tertiary alicyclic amines) is 1. The minimum absolute atomic E-state index is 0.0809. The zero-order chi connectivity index (χ0) is 15.9. The topological polar surface area (TPSA) is 44.8 Å². The van der Waals surface area contributed by atoms with E-state index in [2.05, 4.69) is 35.9 Å². The number of morpholine rings is 1. The first-order valence-corrected chi connectivity index (χ1v) is 8.98. The fourth-order valence-corrected chi connectivity index (χ4v) is 3.27. The molecule has 0 aromatic rings. The van der Waals surface area contributed by atoms with Gasteiger partial charge in [-0.3, -0.25) is 9.69 Å². The molecule has 0 spiro atoms. The highest BCUT2D eigenvalue weighted by Crippen LogP contribution is 2.13. The smallest absolute Gasteiger partial charge is 0.250 e. The van der Waals surface area contributed by atoms with Crippen molar-refractivity contribution in [3.8, 4) is 0 Å². The molecule has 1 atom stereocenters. The second-order valence-electron chi connectivity index (χ2n) is 6.93. The summed E-state index contributed by atoms with van der Waals surface area (Å²) in [7, 11) is 0. The molecule has 0 aliphatic carbocycles. The van der Waals surface area contributed by atoms with Gasteiger partial charge in [0.1, 0.15) is 6.10 Å². The van der Waals surface area contributed by atoms with Crippen LogP contribution in [0.15, 0.2) is 0 Å². The Morgan fingerprint density at radius 3 is 2.64 bits per heavy atom. The molecule has 2 rings (SSSR count). The van der Waals surface area contributed by atoms with E-state index in [0.29, 0.717) is 18.7 Å². The van der Waals surface area contributed by atoms with Gasteiger partial charge < -0.3 is 15.0 Å². The van der Waals surface area contributed by atoms with Gasteiger partial charge in [-0.2, -0.15) is 0 Å². The summed E-state index contributed by atoms with van der Waals surface area (Å²) in [5.41, 5.74) is 0. The molecule has 1 amide bonds. The fourth-order valence-electron chi connectivity index (χ4n) is 3.27. The minimum Gasteiger partial charge on any atom is -0.366 e. The van der Waals surface area contributed by atoms with Crippen LogP contribution in [0.4, 0.5) is 0 Å². The molecule has 0 aromatic carbocycles. The van der Waals surface area contributed by atoms with Crippen molar-refractivity contribution in [3.05, 3.63) is 0 Å². The number of unbranched alkanes of at least 4 members (excludes halogenated alkanes) is 1. The molecule has 2 aliphatic heterocycles. The Labute approximate surface area is 135 Å². The van der Waals surface area contributed by atoms with E-state index in [9.17, 15) is 4.79 Å². The minimum atomic E-state index is -0.297. The molecule has 2 aliphatic rings. The number of piperidine rings is 1. The van der Waals surface area contributed by atoms with E-state index in [-0.39, 0.29) is 12.0 Å². The largest absolute Gasteiger partial charge is 0.366 e. The van der Waals surface area contributed by atoms with Crippen molar-refractivity contribution in [2.45, 2.75) is 64.6 Å². The van der Waals surface area contributed by atoms with Crippen LogP contribution in [-0.2, 0) is 9.53 Å². The third-order valence-corrected chi connectivity index (χ3v) is 4.88. The van der Waals surface area contributed by atoms with Gasteiger partial charge in [0.25, 0.3) is 5.91 Å². The number of hydrogen-bond donors (Lipinski definition) is 1. The van der Waals surface area contributed by atoms with Gasteiger partial charge in [-0.05, 0) is 39.7 Å². The van der Waals surface area contributed by atoms with Crippen molar-refractivity contribution in [2.75, 3.05) is 39.3 Å². The Bertz CT molecular complexity index is 341. The molecular formula is C17H33N3O2. The van der Waals surface area contributed by atoms with Gasteiger partial charge in [0.05, 0.1) is 6.61 Å². The average Bonchev–Trinajstić information content (AvgIpc) is 2.54. The summed E-state index contributed by atoms with van der Waals surface area (Å²) in [5.74, 6) is 0.0809. The highest BCUT2D eigenvalue weighted by atomic mass is 16.5. The van der Waals surface area contributed by atoms with Crippen LogP contribution in [0.3, 0.4) is 0 Å². The van der Waals surface area contributed by atoms with Crippen molar-refractivity contribution in [2.24, 2.45) is 0 Å². The third-order valence-electron chi connectivity index (χ3n) is 4.88. The molecule has 2 heterocycles. The van der Waals surface area contributed by atoms with Crippen LogP contribution in [0, 0.1) is 0 Å². The quantitative estimate of drug-likeness (QED) is 0.807. The van der Waals surface area contributed by atoms with Crippen LogP contribution in [0.5, 0.6) is 0 Å². The maximum absolute atomic E-state index is 12.4. The number of carbonyl (C=O) groups excluding carboxylic acids is 1. The van der Waals surface area contributed by atoms with Crippen molar-refractivity contribution >= 4 is 5.91 Å². The summed E-state index contributed by atoms with van der Waals surface area (Å²) in [5, 5.41) is 3.21. The summed E-state index contributed by atoms with van der Waals surface area (Å²) in [6, 6.07) is 0.796. The molecule has 5 heteroatoms. The van der Waals surface area contributed by atoms with Crippen LogP contribution in [0.1, 0.15) is 46.5 Å². The Hall–Kier alpha value is -0.650. The number of nitrogens with one attached hydrogen (secondary N) is 1. The van der Waals surface area contributed by atoms with Crippen LogP contribution < -0.4 is 5.32 Å². The molecular weight excluding hydrogens is 278 g/mol. The van der Waals surface area contributed by atoms with Crippen LogP contribution in [0.25, 0.3) is 0 Å².